The first kappa shape index (κ1) is 19.0. The Balaban J connectivity index is 1.58. The lowest BCUT2D eigenvalue weighted by molar-refractivity contribution is 0.119. The minimum absolute atomic E-state index is 0.507. The van der Waals surface area contributed by atoms with Crippen molar-refractivity contribution < 1.29 is 0 Å². The van der Waals surface area contributed by atoms with E-state index in [1.165, 1.54) is 5.69 Å². The Labute approximate surface area is 158 Å². The molecule has 0 saturated carbocycles. The Kier molecular flexibility index (Phi) is 6.74. The maximum Gasteiger partial charge on any atom is 0.194 e. The topological polar surface area (TPSA) is 37.4 Å². The molecule has 2 heterocycles. The molecule has 1 aromatic rings. The summed E-state index contributed by atoms with van der Waals surface area (Å²) in [6, 6.07) is 11.2. The molecule has 0 radical (unpaired) electrons. The highest BCUT2D eigenvalue weighted by atomic mass is 15.4. The fourth-order valence-corrected chi connectivity index (χ4v) is 3.73. The molecule has 1 unspecified atom stereocenters. The van der Waals surface area contributed by atoms with Gasteiger partial charge in [-0.2, -0.15) is 0 Å². The summed E-state index contributed by atoms with van der Waals surface area (Å²) in [6.07, 6.45) is 0. The third kappa shape index (κ3) is 4.89. The number of hydrogen-bond donors (Lipinski definition) is 1. The number of guanidine groups is 1. The largest absolute Gasteiger partial charge is 0.368 e. The molecule has 1 aromatic carbocycles. The molecule has 144 valence electrons. The summed E-state index contributed by atoms with van der Waals surface area (Å²) in [7, 11) is 4.43. The van der Waals surface area contributed by atoms with E-state index in [4.69, 9.17) is 4.99 Å². The SMILES string of the molecule is CCNC(=NCC1CN(C)CCN1C)N1CCN(c2ccccc2)CC1. The lowest BCUT2D eigenvalue weighted by Crippen LogP contribution is -2.54. The molecule has 0 aliphatic carbocycles. The second-order valence-electron chi connectivity index (χ2n) is 7.40. The van der Waals surface area contributed by atoms with E-state index in [1.807, 2.05) is 0 Å². The summed E-state index contributed by atoms with van der Waals surface area (Å²) in [5.41, 5.74) is 1.32. The molecule has 1 N–H and O–H groups in total. The average Bonchev–Trinajstić information content (AvgIpc) is 2.68. The number of rotatable bonds is 4. The van der Waals surface area contributed by atoms with Gasteiger partial charge in [-0.1, -0.05) is 18.2 Å². The van der Waals surface area contributed by atoms with Gasteiger partial charge in [0.25, 0.3) is 0 Å². The van der Waals surface area contributed by atoms with Crippen LogP contribution >= 0.6 is 0 Å². The zero-order chi connectivity index (χ0) is 18.4. The fourth-order valence-electron chi connectivity index (χ4n) is 3.73. The molecule has 0 aromatic heterocycles. The molecule has 2 aliphatic heterocycles. The molecular weight excluding hydrogens is 324 g/mol. The highest BCUT2D eigenvalue weighted by Crippen LogP contribution is 2.15. The van der Waals surface area contributed by atoms with Crippen LogP contribution in [0.5, 0.6) is 0 Å². The summed E-state index contributed by atoms with van der Waals surface area (Å²) in [4.78, 5) is 14.7. The van der Waals surface area contributed by atoms with E-state index in [0.29, 0.717) is 6.04 Å². The van der Waals surface area contributed by atoms with Crippen LogP contribution in [-0.2, 0) is 0 Å². The Hall–Kier alpha value is -1.79. The lowest BCUT2D eigenvalue weighted by atomic mass is 10.2. The van der Waals surface area contributed by atoms with Gasteiger partial charge in [0.15, 0.2) is 5.96 Å². The van der Waals surface area contributed by atoms with Gasteiger partial charge in [0, 0.05) is 64.1 Å². The van der Waals surface area contributed by atoms with Crippen molar-refractivity contribution >= 4 is 11.6 Å². The van der Waals surface area contributed by atoms with Crippen LogP contribution in [0.2, 0.25) is 0 Å². The maximum absolute atomic E-state index is 4.99. The molecule has 0 bridgehead atoms. The molecule has 1 atom stereocenters. The van der Waals surface area contributed by atoms with Crippen molar-refractivity contribution in [3.63, 3.8) is 0 Å². The van der Waals surface area contributed by atoms with Crippen LogP contribution in [0.4, 0.5) is 5.69 Å². The van der Waals surface area contributed by atoms with Gasteiger partial charge in [0.05, 0.1) is 6.54 Å². The molecule has 0 spiro atoms. The average molecular weight is 359 g/mol. The Morgan fingerprint density at radius 2 is 1.77 bits per heavy atom. The predicted octanol–water partition coefficient (Wildman–Crippen LogP) is 1.02. The number of para-hydroxylation sites is 1. The Morgan fingerprint density at radius 3 is 2.46 bits per heavy atom. The number of likely N-dealkylation sites (N-methyl/N-ethyl adjacent to an activating group) is 2. The van der Waals surface area contributed by atoms with E-state index in [-0.39, 0.29) is 0 Å². The molecule has 2 saturated heterocycles. The summed E-state index contributed by atoms with van der Waals surface area (Å²) < 4.78 is 0. The van der Waals surface area contributed by atoms with Gasteiger partial charge in [-0.25, -0.2) is 0 Å². The second kappa shape index (κ2) is 9.24. The van der Waals surface area contributed by atoms with Gasteiger partial charge in [0.1, 0.15) is 0 Å². The van der Waals surface area contributed by atoms with Crippen molar-refractivity contribution in [2.24, 2.45) is 4.99 Å². The zero-order valence-electron chi connectivity index (χ0n) is 16.6. The summed E-state index contributed by atoms with van der Waals surface area (Å²) in [5, 5.41) is 3.50. The van der Waals surface area contributed by atoms with Crippen LogP contribution in [-0.4, -0.2) is 99.7 Å². The lowest BCUT2D eigenvalue weighted by Gasteiger charge is -2.39. The van der Waals surface area contributed by atoms with Crippen molar-refractivity contribution in [2.45, 2.75) is 13.0 Å². The van der Waals surface area contributed by atoms with E-state index >= 15 is 0 Å². The number of benzene rings is 1. The molecule has 2 fully saturated rings. The monoisotopic (exact) mass is 358 g/mol. The molecule has 2 aliphatic rings. The number of nitrogens with zero attached hydrogens (tertiary/aromatic N) is 5. The van der Waals surface area contributed by atoms with E-state index in [9.17, 15) is 0 Å². The smallest absolute Gasteiger partial charge is 0.194 e. The molecule has 3 rings (SSSR count). The molecule has 0 amide bonds. The van der Waals surface area contributed by atoms with Gasteiger partial charge < -0.3 is 20.0 Å². The van der Waals surface area contributed by atoms with Crippen LogP contribution in [0.1, 0.15) is 6.92 Å². The quantitative estimate of drug-likeness (QED) is 0.643. The first-order chi connectivity index (χ1) is 12.7. The van der Waals surface area contributed by atoms with E-state index in [0.717, 1.165) is 64.9 Å². The van der Waals surface area contributed by atoms with Crippen LogP contribution in [0, 0.1) is 0 Å². The predicted molar refractivity (Wildman–Crippen MR) is 110 cm³/mol. The fraction of sp³-hybridized carbons (Fsp3) is 0.650. The summed E-state index contributed by atoms with van der Waals surface area (Å²) in [5.74, 6) is 1.07. The molecule has 26 heavy (non-hydrogen) atoms. The third-order valence-corrected chi connectivity index (χ3v) is 5.47. The normalized spacial score (nSPS) is 23.3. The van der Waals surface area contributed by atoms with Crippen molar-refractivity contribution in [3.8, 4) is 0 Å². The molecular formula is C20H34N6. The summed E-state index contributed by atoms with van der Waals surface area (Å²) >= 11 is 0. The number of piperazine rings is 2. The number of aliphatic imine (C=N–C) groups is 1. The van der Waals surface area contributed by atoms with E-state index in [2.05, 4.69) is 76.3 Å². The van der Waals surface area contributed by atoms with Crippen molar-refractivity contribution in [3.05, 3.63) is 30.3 Å². The molecule has 6 heteroatoms. The first-order valence-corrected chi connectivity index (χ1v) is 9.89. The van der Waals surface area contributed by atoms with Crippen molar-refractivity contribution in [1.29, 1.82) is 0 Å². The molecule has 6 nitrogen and oxygen atoms in total. The number of anilines is 1. The minimum Gasteiger partial charge on any atom is -0.368 e. The Bertz CT molecular complexity index is 567. The van der Waals surface area contributed by atoms with E-state index in [1.54, 1.807) is 0 Å². The van der Waals surface area contributed by atoms with Gasteiger partial charge >= 0.3 is 0 Å². The van der Waals surface area contributed by atoms with E-state index < -0.39 is 0 Å². The zero-order valence-corrected chi connectivity index (χ0v) is 16.6. The van der Waals surface area contributed by atoms with Gasteiger partial charge in [-0.3, -0.25) is 9.89 Å². The van der Waals surface area contributed by atoms with Gasteiger partial charge in [0.2, 0.25) is 0 Å². The van der Waals surface area contributed by atoms with Crippen LogP contribution in [0.15, 0.2) is 35.3 Å². The maximum atomic E-state index is 4.99. The standard InChI is InChI=1S/C20H34N6/c1-4-21-20(22-16-19-17-23(2)10-11-24(19)3)26-14-12-25(13-15-26)18-8-6-5-7-9-18/h5-9,19H,4,10-17H2,1-3H3,(H,21,22). The first-order valence-electron chi connectivity index (χ1n) is 9.89. The van der Waals surface area contributed by atoms with Gasteiger partial charge in [-0.15, -0.1) is 0 Å². The Morgan fingerprint density at radius 1 is 1.04 bits per heavy atom. The minimum atomic E-state index is 0.507. The van der Waals surface area contributed by atoms with Crippen LogP contribution < -0.4 is 10.2 Å². The highest BCUT2D eigenvalue weighted by molar-refractivity contribution is 5.80. The number of nitrogens with one attached hydrogen (secondary N) is 1. The second-order valence-corrected chi connectivity index (χ2v) is 7.40. The van der Waals surface area contributed by atoms with Gasteiger partial charge in [-0.05, 0) is 33.2 Å². The van der Waals surface area contributed by atoms with Crippen LogP contribution in [0.25, 0.3) is 0 Å². The number of hydrogen-bond acceptors (Lipinski definition) is 4. The van der Waals surface area contributed by atoms with Crippen molar-refractivity contribution in [1.82, 2.24) is 20.0 Å². The van der Waals surface area contributed by atoms with Crippen LogP contribution in [0.3, 0.4) is 0 Å². The van der Waals surface area contributed by atoms with Crippen molar-refractivity contribution in [2.75, 3.05) is 77.9 Å². The summed E-state index contributed by atoms with van der Waals surface area (Å²) in [6.45, 7) is 11.4. The third-order valence-electron chi connectivity index (χ3n) is 5.47. The highest BCUT2D eigenvalue weighted by Gasteiger charge is 2.23.